The Hall–Kier alpha value is -3.67. The first-order chi connectivity index (χ1) is 18.6. The van der Waals surface area contributed by atoms with Gasteiger partial charge in [-0.15, -0.1) is 0 Å². The minimum atomic E-state index is -3.96. The Bertz CT molecular complexity index is 1300. The Labute approximate surface area is 229 Å². The van der Waals surface area contributed by atoms with Crippen LogP contribution in [0, 0.1) is 11.1 Å². The molecule has 0 fully saturated rings. The highest BCUT2D eigenvalue weighted by Crippen LogP contribution is 2.21. The molecule has 1 aromatic heterocycles. The first-order valence-electron chi connectivity index (χ1n) is 12.6. The number of nitrogens with one attached hydrogen (secondary N) is 1. The van der Waals surface area contributed by atoms with Gasteiger partial charge in [0.15, 0.2) is 12.4 Å². The lowest BCUT2D eigenvalue weighted by molar-refractivity contribution is -0.606. The third kappa shape index (κ3) is 8.95. The maximum Gasteiger partial charge on any atom is 0.407 e. The molecule has 2 aromatic carbocycles. The van der Waals surface area contributed by atoms with E-state index in [9.17, 15) is 23.5 Å². The number of alkyl carbamates (subject to hydrolysis) is 1. The lowest BCUT2D eigenvalue weighted by atomic mass is 10.0. The van der Waals surface area contributed by atoms with Crippen LogP contribution < -0.4 is 14.8 Å². The van der Waals surface area contributed by atoms with E-state index in [0.29, 0.717) is 16.0 Å². The molecule has 0 aliphatic rings. The number of ether oxygens (including phenoxy) is 2. The minimum absolute atomic E-state index is 0.0228. The van der Waals surface area contributed by atoms with Crippen LogP contribution in [0.15, 0.2) is 84.0 Å². The van der Waals surface area contributed by atoms with Crippen LogP contribution in [0.2, 0.25) is 0 Å². The lowest BCUT2D eigenvalue weighted by Gasteiger charge is -2.30. The molecule has 1 unspecified atom stereocenters. The van der Waals surface area contributed by atoms with Crippen molar-refractivity contribution < 1.29 is 32.5 Å². The molecule has 1 amide bonds. The zero-order valence-electron chi connectivity index (χ0n) is 22.3. The first kappa shape index (κ1) is 29.9. The standard InChI is InChI=1S/C28H35N3O7S/c1-21(2)17-31(39(35,36)25-13-11-24(37-3)12-14-25)19-27(32)26(16-22-8-5-4-6-9-22)29-28(33)38-20-23-10-7-15-30(34)18-23/h4-15,18,21,26-27,32H,16-17,19-20H2,1-3H3,(H,29,33)/t26-,27?/m0/s1. The zero-order valence-corrected chi connectivity index (χ0v) is 23.1. The van der Waals surface area contributed by atoms with Crippen LogP contribution in [0.4, 0.5) is 4.79 Å². The molecular weight excluding hydrogens is 522 g/mol. The second-order valence-corrected chi connectivity index (χ2v) is 11.5. The van der Waals surface area contributed by atoms with E-state index in [-0.39, 0.29) is 36.9 Å². The number of pyridine rings is 1. The molecule has 11 heteroatoms. The number of hydrogen-bond donors (Lipinski definition) is 2. The number of benzene rings is 2. The number of aliphatic hydroxyl groups is 1. The normalized spacial score (nSPS) is 13.2. The van der Waals surface area contributed by atoms with E-state index >= 15 is 0 Å². The molecule has 0 saturated carbocycles. The summed E-state index contributed by atoms with van der Waals surface area (Å²) in [6.07, 6.45) is 0.784. The highest BCUT2D eigenvalue weighted by Gasteiger charge is 2.31. The second-order valence-electron chi connectivity index (χ2n) is 9.55. The third-order valence-corrected chi connectivity index (χ3v) is 7.77. The summed E-state index contributed by atoms with van der Waals surface area (Å²) in [5.74, 6) is 0.501. The summed E-state index contributed by atoms with van der Waals surface area (Å²) in [6, 6.07) is 17.6. The van der Waals surface area contributed by atoms with Gasteiger partial charge >= 0.3 is 6.09 Å². The Morgan fingerprint density at radius 2 is 1.69 bits per heavy atom. The van der Waals surface area contributed by atoms with Gasteiger partial charge in [-0.1, -0.05) is 44.2 Å². The van der Waals surface area contributed by atoms with Crippen molar-refractivity contribution in [3.05, 3.63) is 95.5 Å². The number of aliphatic hydroxyl groups excluding tert-OH is 1. The Morgan fingerprint density at radius 3 is 2.31 bits per heavy atom. The molecular formula is C28H35N3O7S. The molecule has 39 heavy (non-hydrogen) atoms. The predicted molar refractivity (Wildman–Crippen MR) is 145 cm³/mol. The minimum Gasteiger partial charge on any atom is -0.619 e. The fourth-order valence-electron chi connectivity index (χ4n) is 3.99. The average Bonchev–Trinajstić information content (AvgIpc) is 2.91. The smallest absolute Gasteiger partial charge is 0.407 e. The summed E-state index contributed by atoms with van der Waals surface area (Å²) < 4.78 is 39.3. The summed E-state index contributed by atoms with van der Waals surface area (Å²) in [5.41, 5.74) is 1.34. The number of aromatic nitrogens is 1. The number of sulfonamides is 1. The monoisotopic (exact) mass is 557 g/mol. The van der Waals surface area contributed by atoms with E-state index in [1.165, 1.54) is 42.0 Å². The molecule has 2 atom stereocenters. The third-order valence-electron chi connectivity index (χ3n) is 5.93. The summed E-state index contributed by atoms with van der Waals surface area (Å²) in [7, 11) is -2.46. The Balaban J connectivity index is 1.79. The molecule has 210 valence electrons. The van der Waals surface area contributed by atoms with Gasteiger partial charge in [0.05, 0.1) is 29.7 Å². The van der Waals surface area contributed by atoms with Crippen molar-refractivity contribution >= 4 is 16.1 Å². The van der Waals surface area contributed by atoms with E-state index in [2.05, 4.69) is 5.32 Å². The van der Waals surface area contributed by atoms with E-state index in [1.54, 1.807) is 18.2 Å². The Morgan fingerprint density at radius 1 is 1.03 bits per heavy atom. The summed E-state index contributed by atoms with van der Waals surface area (Å²) in [6.45, 7) is 3.54. The second kappa shape index (κ2) is 13.9. The fraction of sp³-hybridized carbons (Fsp3) is 0.357. The van der Waals surface area contributed by atoms with Crippen LogP contribution in [0.25, 0.3) is 0 Å². The highest BCUT2D eigenvalue weighted by molar-refractivity contribution is 7.89. The Kier molecular flexibility index (Phi) is 10.7. The van der Waals surface area contributed by atoms with Crippen molar-refractivity contribution in [1.82, 2.24) is 9.62 Å². The highest BCUT2D eigenvalue weighted by atomic mass is 32.2. The number of carbonyl (C=O) groups excluding carboxylic acids is 1. The molecule has 0 aliphatic carbocycles. The fourth-order valence-corrected chi connectivity index (χ4v) is 5.61. The average molecular weight is 558 g/mol. The van der Waals surface area contributed by atoms with Crippen LogP contribution in [0.3, 0.4) is 0 Å². The molecule has 3 rings (SSSR count). The van der Waals surface area contributed by atoms with Gasteiger partial charge in [0.2, 0.25) is 10.0 Å². The van der Waals surface area contributed by atoms with Gasteiger partial charge < -0.3 is 25.1 Å². The van der Waals surface area contributed by atoms with E-state index < -0.39 is 28.3 Å². The maximum atomic E-state index is 13.5. The molecule has 3 aromatic rings. The first-order valence-corrected chi connectivity index (χ1v) is 14.0. The lowest BCUT2D eigenvalue weighted by Crippen LogP contribution is -2.51. The van der Waals surface area contributed by atoms with Crippen molar-refractivity contribution in [2.24, 2.45) is 5.92 Å². The van der Waals surface area contributed by atoms with Gasteiger partial charge in [-0.05, 0) is 48.2 Å². The largest absolute Gasteiger partial charge is 0.619 e. The molecule has 0 saturated heterocycles. The van der Waals surface area contributed by atoms with Crippen molar-refractivity contribution in [3.8, 4) is 5.75 Å². The number of methoxy groups -OCH3 is 1. The number of hydrogen-bond acceptors (Lipinski definition) is 7. The topological polar surface area (TPSA) is 132 Å². The molecule has 2 N–H and O–H groups in total. The van der Waals surface area contributed by atoms with Gasteiger partial charge in [0, 0.05) is 19.2 Å². The van der Waals surface area contributed by atoms with Crippen molar-refractivity contribution in [2.75, 3.05) is 20.2 Å². The maximum absolute atomic E-state index is 13.5. The van der Waals surface area contributed by atoms with Crippen LogP contribution in [0.5, 0.6) is 5.75 Å². The van der Waals surface area contributed by atoms with Gasteiger partial charge in [0.1, 0.15) is 12.4 Å². The van der Waals surface area contributed by atoms with Crippen molar-refractivity contribution in [3.63, 3.8) is 0 Å². The summed E-state index contributed by atoms with van der Waals surface area (Å²) in [5, 5.41) is 25.4. The molecule has 0 radical (unpaired) electrons. The number of amides is 1. The van der Waals surface area contributed by atoms with Gasteiger partial charge in [-0.25, -0.2) is 13.2 Å². The van der Waals surface area contributed by atoms with Crippen molar-refractivity contribution in [2.45, 2.75) is 43.9 Å². The zero-order chi connectivity index (χ0) is 28.4. The van der Waals surface area contributed by atoms with Crippen LogP contribution in [-0.2, 0) is 27.8 Å². The van der Waals surface area contributed by atoms with Crippen LogP contribution >= 0.6 is 0 Å². The molecule has 0 spiro atoms. The number of rotatable bonds is 13. The summed E-state index contributed by atoms with van der Waals surface area (Å²) in [4.78, 5) is 12.7. The molecule has 10 nitrogen and oxygen atoms in total. The van der Waals surface area contributed by atoms with Gasteiger partial charge in [-0.3, -0.25) is 0 Å². The molecule has 0 bridgehead atoms. The van der Waals surface area contributed by atoms with E-state index in [4.69, 9.17) is 9.47 Å². The summed E-state index contributed by atoms with van der Waals surface area (Å²) >= 11 is 0. The van der Waals surface area contributed by atoms with Crippen molar-refractivity contribution in [1.29, 1.82) is 0 Å². The predicted octanol–water partition coefficient (Wildman–Crippen LogP) is 2.87. The van der Waals surface area contributed by atoms with E-state index in [1.807, 2.05) is 44.2 Å². The van der Waals surface area contributed by atoms with Crippen LogP contribution in [-0.4, -0.2) is 56.3 Å². The van der Waals surface area contributed by atoms with Gasteiger partial charge in [0.25, 0.3) is 0 Å². The SMILES string of the molecule is COc1ccc(S(=O)(=O)N(CC(C)C)CC(O)[C@H](Cc2ccccc2)NC(=O)OCc2ccc[n+]([O-])c2)cc1. The number of carbonyl (C=O) groups is 1. The van der Waals surface area contributed by atoms with Gasteiger partial charge in [-0.2, -0.15) is 9.04 Å². The quantitative estimate of drug-likeness (QED) is 0.244. The van der Waals surface area contributed by atoms with Crippen LogP contribution in [0.1, 0.15) is 25.0 Å². The number of nitrogens with zero attached hydrogens (tertiary/aromatic N) is 2. The molecule has 0 aliphatic heterocycles. The molecule has 1 heterocycles. The van der Waals surface area contributed by atoms with E-state index in [0.717, 1.165) is 5.56 Å².